The van der Waals surface area contributed by atoms with Crippen LogP contribution in [0.2, 0.25) is 0 Å². The molecule has 4 N–H and O–H groups in total. The van der Waals surface area contributed by atoms with E-state index in [-0.39, 0.29) is 5.76 Å². The van der Waals surface area contributed by atoms with Crippen molar-refractivity contribution in [3.63, 3.8) is 0 Å². The van der Waals surface area contributed by atoms with Gasteiger partial charge in [-0.2, -0.15) is 0 Å². The van der Waals surface area contributed by atoms with E-state index < -0.39 is 0 Å². The van der Waals surface area contributed by atoms with E-state index in [1.165, 1.54) is 11.1 Å². The van der Waals surface area contributed by atoms with Gasteiger partial charge in [-0.05, 0) is 55.2 Å². The van der Waals surface area contributed by atoms with Crippen LogP contribution < -0.4 is 16.5 Å². The molecule has 2 aromatic rings. The van der Waals surface area contributed by atoms with E-state index in [1.807, 2.05) is 50.4 Å². The van der Waals surface area contributed by atoms with Gasteiger partial charge in [0.1, 0.15) is 19.4 Å². The van der Waals surface area contributed by atoms with Gasteiger partial charge in [-0.25, -0.2) is 4.98 Å². The monoisotopic (exact) mass is 372 g/mol. The number of aliphatic hydroxyl groups is 1. The Bertz CT molecular complexity index is 948. The number of aromatic nitrogens is 1. The van der Waals surface area contributed by atoms with Crippen LogP contribution in [0.5, 0.6) is 0 Å². The van der Waals surface area contributed by atoms with Crippen molar-refractivity contribution in [1.29, 1.82) is 0 Å². The van der Waals surface area contributed by atoms with Crippen LogP contribution in [-0.2, 0) is 13.0 Å². The fraction of sp³-hybridized carbons (Fsp3) is 0.227. The first-order valence-corrected chi connectivity index (χ1v) is 9.25. The van der Waals surface area contributed by atoms with Gasteiger partial charge in [-0.1, -0.05) is 30.3 Å². The van der Waals surface area contributed by atoms with Crippen LogP contribution in [-0.4, -0.2) is 29.4 Å². The van der Waals surface area contributed by atoms with Crippen molar-refractivity contribution in [3.05, 3.63) is 83.0 Å². The molecule has 5 nitrogen and oxygen atoms in total. The summed E-state index contributed by atoms with van der Waals surface area (Å²) in [4.78, 5) is 6.80. The zero-order valence-electron chi connectivity index (χ0n) is 16.4. The molecule has 142 valence electrons. The van der Waals surface area contributed by atoms with E-state index in [2.05, 4.69) is 27.8 Å². The minimum Gasteiger partial charge on any atom is -0.506 e. The second kappa shape index (κ2) is 8.25. The highest BCUT2D eigenvalue weighted by Gasteiger charge is 2.21. The maximum Gasteiger partial charge on any atom is 0.131 e. The largest absolute Gasteiger partial charge is 0.506 e. The van der Waals surface area contributed by atoms with E-state index in [4.69, 9.17) is 13.6 Å². The number of nitrogens with one attached hydrogen (secondary N) is 1. The Balaban J connectivity index is 1.82. The summed E-state index contributed by atoms with van der Waals surface area (Å²) < 4.78 is 0. The van der Waals surface area contributed by atoms with Crippen LogP contribution in [0.1, 0.15) is 25.0 Å². The van der Waals surface area contributed by atoms with Crippen molar-refractivity contribution < 1.29 is 5.11 Å². The molecule has 0 atom stereocenters. The Morgan fingerprint density at radius 1 is 1.32 bits per heavy atom. The van der Waals surface area contributed by atoms with Crippen molar-refractivity contribution in [3.8, 4) is 0 Å². The Morgan fingerprint density at radius 2 is 2.04 bits per heavy atom. The topological polar surface area (TPSA) is 74.4 Å². The van der Waals surface area contributed by atoms with Crippen molar-refractivity contribution in [2.24, 2.45) is 5.73 Å². The normalized spacial score (nSPS) is 14.9. The number of nitrogens with zero attached hydrogens (tertiary/aromatic N) is 2. The van der Waals surface area contributed by atoms with Crippen LogP contribution in [0, 0.1) is 0 Å². The molecule has 0 spiro atoms. The third-order valence-corrected chi connectivity index (χ3v) is 4.99. The summed E-state index contributed by atoms with van der Waals surface area (Å²) in [6.45, 7) is 9.02. The van der Waals surface area contributed by atoms with Crippen molar-refractivity contribution in [2.75, 3.05) is 11.9 Å². The highest BCUT2D eigenvalue weighted by atomic mass is 16.3. The maximum atomic E-state index is 9.64. The first-order valence-electron chi connectivity index (χ1n) is 9.25. The lowest BCUT2D eigenvalue weighted by Gasteiger charge is -2.33. The minimum absolute atomic E-state index is 0.103. The summed E-state index contributed by atoms with van der Waals surface area (Å²) in [6.07, 6.45) is 4.86. The van der Waals surface area contributed by atoms with Gasteiger partial charge in [-0.15, -0.1) is 0 Å². The number of anilines is 2. The van der Waals surface area contributed by atoms with Crippen LogP contribution in [0.4, 0.5) is 11.5 Å². The maximum absolute atomic E-state index is 9.64. The van der Waals surface area contributed by atoms with Gasteiger partial charge in [-0.3, -0.25) is 0 Å². The molecule has 0 saturated carbocycles. The summed E-state index contributed by atoms with van der Waals surface area (Å²) in [6, 6.07) is 9.65. The lowest BCUT2D eigenvalue weighted by atomic mass is 9.96. The van der Waals surface area contributed by atoms with E-state index >= 15 is 0 Å². The molecule has 1 aliphatic rings. The van der Waals surface area contributed by atoms with Gasteiger partial charge >= 0.3 is 0 Å². The van der Waals surface area contributed by atoms with Gasteiger partial charge in [0.25, 0.3) is 0 Å². The number of rotatable bonds is 5. The molecular weight excluding hydrogens is 347 g/mol. The zero-order valence-corrected chi connectivity index (χ0v) is 16.4. The van der Waals surface area contributed by atoms with Crippen LogP contribution in [0.15, 0.2) is 71.9 Å². The number of hydrogen-bond donors (Lipinski definition) is 3. The molecule has 0 amide bonds. The molecular formula is C22H25BN4O. The van der Waals surface area contributed by atoms with E-state index in [0.717, 1.165) is 47.7 Å². The van der Waals surface area contributed by atoms with Gasteiger partial charge in [0.05, 0.1) is 5.70 Å². The number of benzene rings is 1. The molecule has 6 heteroatoms. The number of hydrogen-bond acceptors (Lipinski definition) is 5. The van der Waals surface area contributed by atoms with Gasteiger partial charge in [0.15, 0.2) is 0 Å². The van der Waals surface area contributed by atoms with Gasteiger partial charge < -0.3 is 21.1 Å². The highest BCUT2D eigenvalue weighted by Crippen LogP contribution is 2.28. The third-order valence-electron chi connectivity index (χ3n) is 4.99. The first-order chi connectivity index (χ1) is 13.4. The fourth-order valence-electron chi connectivity index (χ4n) is 3.42. The standard InChI is InChI=1S/C22H25BN4O/c1-4-20(14(2)22(24)15(3)28)27-10-9-16-12-25-21(11-17(16)13-27)26-19-7-5-18(23)6-8-19/h4-8,11-12,28H,3,9-10,13,24H2,1-2H3,(H,25,26)/b20-4+,22-14+. The van der Waals surface area contributed by atoms with Gasteiger partial charge in [0.2, 0.25) is 0 Å². The fourth-order valence-corrected chi connectivity index (χ4v) is 3.42. The zero-order chi connectivity index (χ0) is 20.3. The van der Waals surface area contributed by atoms with Crippen molar-refractivity contribution in [2.45, 2.75) is 26.8 Å². The smallest absolute Gasteiger partial charge is 0.131 e. The van der Waals surface area contributed by atoms with Crippen molar-refractivity contribution >= 4 is 24.8 Å². The predicted octanol–water partition coefficient (Wildman–Crippen LogP) is 3.19. The third kappa shape index (κ3) is 4.22. The molecule has 0 unspecified atom stereocenters. The molecule has 1 aromatic carbocycles. The van der Waals surface area contributed by atoms with Crippen molar-refractivity contribution in [1.82, 2.24) is 9.88 Å². The Morgan fingerprint density at radius 3 is 2.68 bits per heavy atom. The quantitative estimate of drug-likeness (QED) is 0.427. The van der Waals surface area contributed by atoms with E-state index in [0.29, 0.717) is 5.70 Å². The lowest BCUT2D eigenvalue weighted by molar-refractivity contribution is 0.325. The number of pyridine rings is 1. The molecule has 3 rings (SSSR count). The summed E-state index contributed by atoms with van der Waals surface area (Å²) in [5.74, 6) is 0.691. The Hall–Kier alpha value is -3.15. The summed E-state index contributed by atoms with van der Waals surface area (Å²) in [5.41, 5.74) is 12.3. The summed E-state index contributed by atoms with van der Waals surface area (Å²) in [7, 11) is 5.74. The molecule has 1 aromatic heterocycles. The molecule has 0 fully saturated rings. The first kappa shape index (κ1) is 19.6. The second-order valence-corrected chi connectivity index (χ2v) is 6.92. The van der Waals surface area contributed by atoms with E-state index in [9.17, 15) is 5.11 Å². The Kier molecular flexibility index (Phi) is 5.78. The van der Waals surface area contributed by atoms with Crippen LogP contribution >= 0.6 is 0 Å². The average molecular weight is 372 g/mol. The number of nitrogens with two attached hydrogens (primary N) is 1. The number of fused-ring (bicyclic) bond motifs is 1. The Labute approximate surface area is 167 Å². The summed E-state index contributed by atoms with van der Waals surface area (Å²) >= 11 is 0. The van der Waals surface area contributed by atoms with Crippen LogP contribution in [0.25, 0.3) is 0 Å². The molecule has 1 aliphatic heterocycles. The number of allylic oxidation sites excluding steroid dienone is 2. The minimum atomic E-state index is -0.103. The van der Waals surface area contributed by atoms with Crippen LogP contribution in [0.3, 0.4) is 0 Å². The molecule has 0 bridgehead atoms. The molecule has 2 radical (unpaired) electrons. The molecule has 0 saturated heterocycles. The predicted molar refractivity (Wildman–Crippen MR) is 116 cm³/mol. The molecule has 2 heterocycles. The summed E-state index contributed by atoms with van der Waals surface area (Å²) in [5, 5.41) is 13.0. The number of aliphatic hydroxyl groups excluding tert-OH is 1. The molecule has 0 aliphatic carbocycles. The molecule has 28 heavy (non-hydrogen) atoms. The highest BCUT2D eigenvalue weighted by molar-refractivity contribution is 6.32. The van der Waals surface area contributed by atoms with E-state index in [1.54, 1.807) is 0 Å². The lowest BCUT2D eigenvalue weighted by Crippen LogP contribution is -2.31. The average Bonchev–Trinajstić information content (AvgIpc) is 2.69. The SMILES string of the molecule is [B]c1ccc(Nc2cc3c(cn2)CCN(C(=C/C)/C(C)=C(/N)C(=C)O)C3)cc1. The van der Waals surface area contributed by atoms with Gasteiger partial charge in [0, 0.05) is 30.7 Å². The second-order valence-electron chi connectivity index (χ2n) is 6.92.